The number of aliphatic hydroxyl groups excluding tert-OH is 1. The van der Waals surface area contributed by atoms with Gasteiger partial charge in [0.15, 0.2) is 11.5 Å². The first-order valence-corrected chi connectivity index (χ1v) is 6.78. The molecule has 1 aliphatic carbocycles. The first kappa shape index (κ1) is 14.2. The number of benzene rings is 1. The van der Waals surface area contributed by atoms with E-state index in [-0.39, 0.29) is 12.0 Å². The number of hydrogen-bond acceptors (Lipinski definition) is 4. The SMILES string of the molecule is COc1ccc(C2(C(O)CN)CCCC2)cc1OC. The standard InChI is InChI=1S/C15H23NO3/c1-18-12-6-5-11(9-13(12)19-2)15(14(17)10-16)7-3-4-8-15/h5-6,9,14,17H,3-4,7-8,10,16H2,1-2H3. The van der Waals surface area contributed by atoms with E-state index in [0.717, 1.165) is 31.2 Å². The van der Waals surface area contributed by atoms with Gasteiger partial charge in [-0.1, -0.05) is 18.9 Å². The maximum absolute atomic E-state index is 10.4. The molecule has 1 aromatic rings. The van der Waals surface area contributed by atoms with Gasteiger partial charge in [-0.05, 0) is 30.5 Å². The van der Waals surface area contributed by atoms with Crippen molar-refractivity contribution in [2.24, 2.45) is 5.73 Å². The number of aliphatic hydroxyl groups is 1. The predicted molar refractivity (Wildman–Crippen MR) is 74.8 cm³/mol. The normalized spacial score (nSPS) is 19.2. The van der Waals surface area contributed by atoms with Gasteiger partial charge in [0.2, 0.25) is 0 Å². The number of ether oxygens (including phenoxy) is 2. The Kier molecular flexibility index (Phi) is 4.32. The quantitative estimate of drug-likeness (QED) is 0.852. The van der Waals surface area contributed by atoms with Crippen LogP contribution in [0.3, 0.4) is 0 Å². The molecule has 1 fully saturated rings. The van der Waals surface area contributed by atoms with Gasteiger partial charge in [0.25, 0.3) is 0 Å². The zero-order valence-electron chi connectivity index (χ0n) is 11.7. The highest BCUT2D eigenvalue weighted by atomic mass is 16.5. The van der Waals surface area contributed by atoms with Gasteiger partial charge in [-0.2, -0.15) is 0 Å². The van der Waals surface area contributed by atoms with Gasteiger partial charge in [0.05, 0.1) is 20.3 Å². The van der Waals surface area contributed by atoms with Gasteiger partial charge in [0, 0.05) is 12.0 Å². The fourth-order valence-corrected chi connectivity index (χ4v) is 3.19. The molecular formula is C15H23NO3. The molecule has 4 nitrogen and oxygen atoms in total. The summed E-state index contributed by atoms with van der Waals surface area (Å²) in [5, 5.41) is 10.4. The van der Waals surface area contributed by atoms with Crippen LogP contribution in [-0.4, -0.2) is 32.0 Å². The van der Waals surface area contributed by atoms with E-state index < -0.39 is 6.10 Å². The minimum Gasteiger partial charge on any atom is -0.493 e. The summed E-state index contributed by atoms with van der Waals surface area (Å²) < 4.78 is 10.6. The molecule has 0 amide bonds. The Morgan fingerprint density at radius 2 is 1.84 bits per heavy atom. The topological polar surface area (TPSA) is 64.7 Å². The Bertz CT molecular complexity index is 427. The number of hydrogen-bond donors (Lipinski definition) is 2. The lowest BCUT2D eigenvalue weighted by atomic mass is 9.74. The Morgan fingerprint density at radius 1 is 1.21 bits per heavy atom. The molecule has 1 aromatic carbocycles. The van der Waals surface area contributed by atoms with Crippen LogP contribution in [0.15, 0.2) is 18.2 Å². The minimum atomic E-state index is -0.506. The Hall–Kier alpha value is -1.26. The molecule has 4 heteroatoms. The molecule has 0 bridgehead atoms. The molecule has 0 radical (unpaired) electrons. The van der Waals surface area contributed by atoms with Crippen LogP contribution in [0.4, 0.5) is 0 Å². The predicted octanol–water partition coefficient (Wildman–Crippen LogP) is 1.84. The van der Waals surface area contributed by atoms with E-state index >= 15 is 0 Å². The van der Waals surface area contributed by atoms with Crippen molar-refractivity contribution in [3.8, 4) is 11.5 Å². The summed E-state index contributed by atoms with van der Waals surface area (Å²) in [4.78, 5) is 0. The third-order valence-corrected chi connectivity index (χ3v) is 4.32. The average molecular weight is 265 g/mol. The number of nitrogens with two attached hydrogens (primary N) is 1. The van der Waals surface area contributed by atoms with Gasteiger partial charge in [0.1, 0.15) is 0 Å². The van der Waals surface area contributed by atoms with Crippen LogP contribution < -0.4 is 15.2 Å². The average Bonchev–Trinajstić information content (AvgIpc) is 2.96. The van der Waals surface area contributed by atoms with Crippen LogP contribution in [0, 0.1) is 0 Å². The maximum Gasteiger partial charge on any atom is 0.161 e. The van der Waals surface area contributed by atoms with Crippen molar-refractivity contribution < 1.29 is 14.6 Å². The smallest absolute Gasteiger partial charge is 0.161 e. The molecule has 19 heavy (non-hydrogen) atoms. The Morgan fingerprint density at radius 3 is 2.37 bits per heavy atom. The van der Waals surface area contributed by atoms with E-state index in [9.17, 15) is 5.11 Å². The van der Waals surface area contributed by atoms with E-state index in [1.807, 2.05) is 18.2 Å². The summed E-state index contributed by atoms with van der Waals surface area (Å²) in [6.45, 7) is 0.286. The highest BCUT2D eigenvalue weighted by molar-refractivity contribution is 5.46. The van der Waals surface area contributed by atoms with Crippen LogP contribution in [0.2, 0.25) is 0 Å². The summed E-state index contributed by atoms with van der Waals surface area (Å²) in [7, 11) is 3.25. The lowest BCUT2D eigenvalue weighted by molar-refractivity contribution is 0.0897. The lowest BCUT2D eigenvalue weighted by Gasteiger charge is -2.34. The summed E-state index contributed by atoms with van der Waals surface area (Å²) >= 11 is 0. The van der Waals surface area contributed by atoms with Crippen molar-refractivity contribution >= 4 is 0 Å². The van der Waals surface area contributed by atoms with Crippen molar-refractivity contribution in [3.05, 3.63) is 23.8 Å². The molecule has 2 rings (SSSR count). The van der Waals surface area contributed by atoms with Crippen molar-refractivity contribution in [1.29, 1.82) is 0 Å². The van der Waals surface area contributed by atoms with Crippen molar-refractivity contribution in [2.45, 2.75) is 37.2 Å². The van der Waals surface area contributed by atoms with Crippen LogP contribution in [0.5, 0.6) is 11.5 Å². The van der Waals surface area contributed by atoms with Crippen molar-refractivity contribution in [1.82, 2.24) is 0 Å². The Labute approximate surface area is 114 Å². The first-order chi connectivity index (χ1) is 9.17. The molecule has 1 unspecified atom stereocenters. The van der Waals surface area contributed by atoms with Gasteiger partial charge in [-0.15, -0.1) is 0 Å². The summed E-state index contributed by atoms with van der Waals surface area (Å²) in [5.74, 6) is 1.41. The third-order valence-electron chi connectivity index (χ3n) is 4.32. The van der Waals surface area contributed by atoms with Gasteiger partial charge < -0.3 is 20.3 Å². The monoisotopic (exact) mass is 265 g/mol. The zero-order chi connectivity index (χ0) is 13.9. The molecule has 0 spiro atoms. The summed E-state index contributed by atoms with van der Waals surface area (Å²) in [6.07, 6.45) is 3.70. The molecule has 0 saturated heterocycles. The van der Waals surface area contributed by atoms with E-state index in [4.69, 9.17) is 15.2 Å². The molecule has 1 aliphatic rings. The third kappa shape index (κ3) is 2.42. The van der Waals surface area contributed by atoms with Crippen LogP contribution >= 0.6 is 0 Å². The summed E-state index contributed by atoms with van der Waals surface area (Å²) in [6, 6.07) is 5.89. The van der Waals surface area contributed by atoms with Crippen molar-refractivity contribution in [2.75, 3.05) is 20.8 Å². The molecule has 1 saturated carbocycles. The van der Waals surface area contributed by atoms with E-state index in [1.165, 1.54) is 0 Å². The highest BCUT2D eigenvalue weighted by Crippen LogP contribution is 2.45. The molecule has 3 N–H and O–H groups in total. The molecule has 0 aliphatic heterocycles. The first-order valence-electron chi connectivity index (χ1n) is 6.78. The van der Waals surface area contributed by atoms with Gasteiger partial charge >= 0.3 is 0 Å². The number of methoxy groups -OCH3 is 2. The van der Waals surface area contributed by atoms with E-state index in [1.54, 1.807) is 14.2 Å². The fourth-order valence-electron chi connectivity index (χ4n) is 3.19. The van der Waals surface area contributed by atoms with E-state index in [0.29, 0.717) is 11.5 Å². The molecule has 0 aromatic heterocycles. The fraction of sp³-hybridized carbons (Fsp3) is 0.600. The molecule has 106 valence electrons. The van der Waals surface area contributed by atoms with E-state index in [2.05, 4.69) is 0 Å². The molecule has 0 heterocycles. The minimum absolute atomic E-state index is 0.228. The largest absolute Gasteiger partial charge is 0.493 e. The van der Waals surface area contributed by atoms with Gasteiger partial charge in [-0.3, -0.25) is 0 Å². The zero-order valence-corrected chi connectivity index (χ0v) is 11.7. The molecule has 1 atom stereocenters. The van der Waals surface area contributed by atoms with Crippen LogP contribution in [-0.2, 0) is 5.41 Å². The van der Waals surface area contributed by atoms with Crippen LogP contribution in [0.25, 0.3) is 0 Å². The lowest BCUT2D eigenvalue weighted by Crippen LogP contribution is -2.42. The second kappa shape index (κ2) is 5.80. The van der Waals surface area contributed by atoms with Gasteiger partial charge in [-0.25, -0.2) is 0 Å². The summed E-state index contributed by atoms with van der Waals surface area (Å²) in [5.41, 5.74) is 6.56. The Balaban J connectivity index is 2.43. The number of rotatable bonds is 5. The second-order valence-electron chi connectivity index (χ2n) is 5.18. The van der Waals surface area contributed by atoms with Crippen molar-refractivity contribution in [3.63, 3.8) is 0 Å². The second-order valence-corrected chi connectivity index (χ2v) is 5.18. The maximum atomic E-state index is 10.4. The highest BCUT2D eigenvalue weighted by Gasteiger charge is 2.41. The molecular weight excluding hydrogens is 242 g/mol. The van der Waals surface area contributed by atoms with Crippen LogP contribution in [0.1, 0.15) is 31.2 Å².